The zero-order chi connectivity index (χ0) is 15.0. The Hall–Kier alpha value is -0.780. The molecule has 0 N–H and O–H groups in total. The second-order valence-corrected chi connectivity index (χ2v) is 7.48. The SMILES string of the molecule is CC.CC1CC2C3CCc4ccccc4C3CCC2C1C. The highest BCUT2D eigenvalue weighted by Crippen LogP contribution is 2.57. The summed E-state index contributed by atoms with van der Waals surface area (Å²) in [5, 5.41) is 0. The first kappa shape index (κ1) is 15.1. The van der Waals surface area contributed by atoms with Crippen LogP contribution in [0.1, 0.15) is 70.4 Å². The minimum atomic E-state index is 0.892. The molecule has 0 radical (unpaired) electrons. The summed E-state index contributed by atoms with van der Waals surface area (Å²) < 4.78 is 0. The van der Waals surface area contributed by atoms with Crippen molar-refractivity contribution in [1.29, 1.82) is 0 Å². The molecule has 116 valence electrons. The molecule has 0 bridgehead atoms. The normalized spacial score (nSPS) is 40.4. The minimum Gasteiger partial charge on any atom is -0.0683 e. The Morgan fingerprint density at radius 3 is 2.43 bits per heavy atom. The lowest BCUT2D eigenvalue weighted by molar-refractivity contribution is 0.119. The van der Waals surface area contributed by atoms with E-state index in [0.717, 1.165) is 35.5 Å². The molecule has 6 atom stereocenters. The lowest BCUT2D eigenvalue weighted by Gasteiger charge is -2.45. The monoisotopic (exact) mass is 284 g/mol. The van der Waals surface area contributed by atoms with Crippen LogP contribution in [0.4, 0.5) is 0 Å². The molecular weight excluding hydrogens is 252 g/mol. The Morgan fingerprint density at radius 2 is 1.62 bits per heavy atom. The third-order valence-electron chi connectivity index (χ3n) is 6.85. The van der Waals surface area contributed by atoms with Gasteiger partial charge in [0.1, 0.15) is 0 Å². The van der Waals surface area contributed by atoms with E-state index in [1.165, 1.54) is 32.1 Å². The third kappa shape index (κ3) is 2.45. The first-order chi connectivity index (χ1) is 10.3. The van der Waals surface area contributed by atoms with Gasteiger partial charge in [-0.25, -0.2) is 0 Å². The Morgan fingerprint density at radius 1 is 0.857 bits per heavy atom. The Kier molecular flexibility index (Phi) is 4.43. The molecule has 21 heavy (non-hydrogen) atoms. The lowest BCUT2D eigenvalue weighted by Crippen LogP contribution is -2.35. The topological polar surface area (TPSA) is 0 Å². The van der Waals surface area contributed by atoms with Crippen molar-refractivity contribution in [2.75, 3.05) is 0 Å². The summed E-state index contributed by atoms with van der Waals surface area (Å²) >= 11 is 0. The van der Waals surface area contributed by atoms with E-state index in [9.17, 15) is 0 Å². The molecule has 6 unspecified atom stereocenters. The van der Waals surface area contributed by atoms with Gasteiger partial charge in [-0.1, -0.05) is 52.0 Å². The molecule has 4 rings (SSSR count). The van der Waals surface area contributed by atoms with Gasteiger partial charge >= 0.3 is 0 Å². The Balaban J connectivity index is 0.000000636. The van der Waals surface area contributed by atoms with Crippen molar-refractivity contribution in [2.45, 2.75) is 65.7 Å². The average Bonchev–Trinajstić information content (AvgIpc) is 2.84. The highest BCUT2D eigenvalue weighted by molar-refractivity contribution is 5.34. The van der Waals surface area contributed by atoms with Crippen LogP contribution in [0, 0.1) is 29.6 Å². The number of rotatable bonds is 0. The standard InChI is InChI=1S/C19H26.C2H6/c1-12-11-19-15(13(12)2)9-10-17-16-6-4-3-5-14(16)7-8-18(17)19;1-2/h3-6,12-13,15,17-19H,7-11H2,1-2H3;1-2H3. The van der Waals surface area contributed by atoms with E-state index < -0.39 is 0 Å². The van der Waals surface area contributed by atoms with Gasteiger partial charge in [-0.2, -0.15) is 0 Å². The molecule has 2 fully saturated rings. The molecular formula is C21H32. The van der Waals surface area contributed by atoms with Gasteiger partial charge in [0.2, 0.25) is 0 Å². The highest BCUT2D eigenvalue weighted by Gasteiger charge is 2.48. The van der Waals surface area contributed by atoms with Crippen molar-refractivity contribution in [2.24, 2.45) is 29.6 Å². The van der Waals surface area contributed by atoms with Gasteiger partial charge in [-0.05, 0) is 78.7 Å². The average molecular weight is 284 g/mol. The fourth-order valence-electron chi connectivity index (χ4n) is 5.73. The summed E-state index contributed by atoms with van der Waals surface area (Å²) in [4.78, 5) is 0. The quantitative estimate of drug-likeness (QED) is 0.543. The second kappa shape index (κ2) is 6.15. The third-order valence-corrected chi connectivity index (χ3v) is 6.85. The molecule has 1 aromatic rings. The van der Waals surface area contributed by atoms with E-state index >= 15 is 0 Å². The first-order valence-corrected chi connectivity index (χ1v) is 9.33. The van der Waals surface area contributed by atoms with Crippen LogP contribution in [0.2, 0.25) is 0 Å². The predicted molar refractivity (Wildman–Crippen MR) is 91.5 cm³/mol. The molecule has 3 aliphatic rings. The van der Waals surface area contributed by atoms with Gasteiger partial charge in [0, 0.05) is 0 Å². The van der Waals surface area contributed by atoms with Gasteiger partial charge < -0.3 is 0 Å². The molecule has 0 saturated heterocycles. The number of benzene rings is 1. The lowest BCUT2D eigenvalue weighted by atomic mass is 9.60. The summed E-state index contributed by atoms with van der Waals surface area (Å²) in [5.74, 6) is 5.91. The van der Waals surface area contributed by atoms with Gasteiger partial charge in [0.15, 0.2) is 0 Å². The molecule has 2 saturated carbocycles. The van der Waals surface area contributed by atoms with Crippen LogP contribution in [0.25, 0.3) is 0 Å². The number of hydrogen-bond acceptors (Lipinski definition) is 0. The van der Waals surface area contributed by atoms with E-state index in [-0.39, 0.29) is 0 Å². The summed E-state index contributed by atoms with van der Waals surface area (Å²) in [6, 6.07) is 9.28. The molecule has 0 spiro atoms. The number of hydrogen-bond donors (Lipinski definition) is 0. The van der Waals surface area contributed by atoms with E-state index in [4.69, 9.17) is 0 Å². The number of aryl methyl sites for hydroxylation is 1. The van der Waals surface area contributed by atoms with Crippen molar-refractivity contribution in [3.63, 3.8) is 0 Å². The molecule has 0 heterocycles. The fraction of sp³-hybridized carbons (Fsp3) is 0.714. The summed E-state index contributed by atoms with van der Waals surface area (Å²) in [5.41, 5.74) is 3.37. The molecule has 1 aromatic carbocycles. The van der Waals surface area contributed by atoms with Crippen LogP contribution < -0.4 is 0 Å². The maximum absolute atomic E-state index is 2.52. The van der Waals surface area contributed by atoms with Gasteiger partial charge in [-0.15, -0.1) is 0 Å². The van der Waals surface area contributed by atoms with Gasteiger partial charge in [0.05, 0.1) is 0 Å². The zero-order valence-electron chi connectivity index (χ0n) is 14.3. The minimum absolute atomic E-state index is 0.892. The maximum Gasteiger partial charge on any atom is -0.0128 e. The highest BCUT2D eigenvalue weighted by atomic mass is 14.5. The van der Waals surface area contributed by atoms with Crippen LogP contribution in [0.3, 0.4) is 0 Å². The van der Waals surface area contributed by atoms with Crippen LogP contribution in [-0.4, -0.2) is 0 Å². The van der Waals surface area contributed by atoms with Crippen molar-refractivity contribution >= 4 is 0 Å². The Bertz CT molecular complexity index is 475. The van der Waals surface area contributed by atoms with E-state index in [2.05, 4.69) is 38.1 Å². The van der Waals surface area contributed by atoms with E-state index in [1.54, 1.807) is 11.1 Å². The van der Waals surface area contributed by atoms with Gasteiger partial charge in [0.25, 0.3) is 0 Å². The smallest absolute Gasteiger partial charge is 0.0128 e. The van der Waals surface area contributed by atoms with Crippen molar-refractivity contribution in [3.05, 3.63) is 35.4 Å². The Labute approximate surface area is 131 Å². The first-order valence-electron chi connectivity index (χ1n) is 9.33. The van der Waals surface area contributed by atoms with Crippen LogP contribution in [0.5, 0.6) is 0 Å². The molecule has 0 nitrogen and oxygen atoms in total. The van der Waals surface area contributed by atoms with Gasteiger partial charge in [-0.3, -0.25) is 0 Å². The zero-order valence-corrected chi connectivity index (χ0v) is 14.3. The van der Waals surface area contributed by atoms with Crippen molar-refractivity contribution < 1.29 is 0 Å². The maximum atomic E-state index is 2.52. The summed E-state index contributed by atoms with van der Waals surface area (Å²) in [7, 11) is 0. The molecule has 3 aliphatic carbocycles. The van der Waals surface area contributed by atoms with Crippen LogP contribution in [-0.2, 0) is 6.42 Å². The molecule has 0 heteroatoms. The van der Waals surface area contributed by atoms with E-state index in [0.29, 0.717) is 0 Å². The summed E-state index contributed by atoms with van der Waals surface area (Å²) in [6.07, 6.45) is 7.26. The van der Waals surface area contributed by atoms with Crippen LogP contribution >= 0.6 is 0 Å². The molecule has 0 aliphatic heterocycles. The van der Waals surface area contributed by atoms with Crippen molar-refractivity contribution in [3.8, 4) is 0 Å². The second-order valence-electron chi connectivity index (χ2n) is 7.48. The van der Waals surface area contributed by atoms with E-state index in [1.807, 2.05) is 13.8 Å². The fourth-order valence-corrected chi connectivity index (χ4v) is 5.73. The number of fused-ring (bicyclic) bond motifs is 5. The molecule has 0 aromatic heterocycles. The molecule has 0 amide bonds. The van der Waals surface area contributed by atoms with Crippen molar-refractivity contribution in [1.82, 2.24) is 0 Å². The summed E-state index contributed by atoms with van der Waals surface area (Å²) in [6.45, 7) is 9.02. The van der Waals surface area contributed by atoms with Crippen LogP contribution in [0.15, 0.2) is 24.3 Å². The predicted octanol–water partition coefficient (Wildman–Crippen LogP) is 6.06. The largest absolute Gasteiger partial charge is 0.0683 e.